The van der Waals surface area contributed by atoms with E-state index in [9.17, 15) is 10.1 Å². The summed E-state index contributed by atoms with van der Waals surface area (Å²) in [4.78, 5) is 12.4. The van der Waals surface area contributed by atoms with Crippen LogP contribution in [0, 0.1) is 17.2 Å². The average molecular weight is 464 g/mol. The molecule has 152 valence electrons. The normalized spacial score (nSPS) is 17.3. The van der Waals surface area contributed by atoms with E-state index in [-0.39, 0.29) is 11.8 Å². The molecule has 6 nitrogen and oxygen atoms in total. The number of benzene rings is 2. The predicted octanol–water partition coefficient (Wildman–Crippen LogP) is 3.94. The van der Waals surface area contributed by atoms with Crippen molar-refractivity contribution in [1.82, 2.24) is 15.1 Å². The van der Waals surface area contributed by atoms with E-state index in [1.165, 1.54) is 5.56 Å². The standard InChI is InChI=1S/C23H22BrN5O/c24-16-10-8-15(9-11-16)18-13-19(18)23(30)27-12-4-7-21-20(14-25)22(26)29(28-21)17-5-2-1-3-6-17/h1-3,5-6,8-11,18-19H,4,7,12-13,26H2,(H,27,30). The summed E-state index contributed by atoms with van der Waals surface area (Å²) in [6.07, 6.45) is 2.17. The molecule has 0 spiro atoms. The summed E-state index contributed by atoms with van der Waals surface area (Å²) in [5.41, 5.74) is 9.22. The van der Waals surface area contributed by atoms with Crippen molar-refractivity contribution in [2.75, 3.05) is 12.3 Å². The van der Waals surface area contributed by atoms with E-state index < -0.39 is 0 Å². The van der Waals surface area contributed by atoms with Crippen LogP contribution in [-0.4, -0.2) is 22.2 Å². The summed E-state index contributed by atoms with van der Waals surface area (Å²) in [5.74, 6) is 0.800. The van der Waals surface area contributed by atoms with Crippen molar-refractivity contribution < 1.29 is 4.79 Å². The maximum atomic E-state index is 12.4. The first kappa shape index (κ1) is 20.2. The van der Waals surface area contributed by atoms with Gasteiger partial charge in [-0.05, 0) is 55.0 Å². The second kappa shape index (κ2) is 8.72. The molecule has 1 amide bonds. The van der Waals surface area contributed by atoms with E-state index in [0.29, 0.717) is 42.4 Å². The molecule has 4 rings (SSSR count). The largest absolute Gasteiger partial charge is 0.382 e. The molecule has 1 fully saturated rings. The van der Waals surface area contributed by atoms with Crippen molar-refractivity contribution in [3.05, 3.63) is 75.9 Å². The number of nitrogens with two attached hydrogens (primary N) is 1. The van der Waals surface area contributed by atoms with Crippen LogP contribution in [0.3, 0.4) is 0 Å². The molecule has 7 heteroatoms. The number of carbonyl (C=O) groups excluding carboxylic acids is 1. The summed E-state index contributed by atoms with van der Waals surface area (Å²) in [7, 11) is 0. The molecule has 3 N–H and O–H groups in total. The summed E-state index contributed by atoms with van der Waals surface area (Å²) in [6.45, 7) is 0.547. The Morgan fingerprint density at radius 1 is 1.23 bits per heavy atom. The Hall–Kier alpha value is -3.11. The SMILES string of the molecule is N#Cc1c(CCCNC(=O)C2CC2c2ccc(Br)cc2)nn(-c2ccccc2)c1N. The van der Waals surface area contributed by atoms with E-state index in [1.54, 1.807) is 4.68 Å². The van der Waals surface area contributed by atoms with Gasteiger partial charge in [-0.3, -0.25) is 4.79 Å². The third-order valence-corrected chi connectivity index (χ3v) is 5.95. The van der Waals surface area contributed by atoms with Gasteiger partial charge in [0.2, 0.25) is 5.91 Å². The highest BCUT2D eigenvalue weighted by molar-refractivity contribution is 9.10. The number of aryl methyl sites for hydroxylation is 1. The first-order valence-electron chi connectivity index (χ1n) is 9.94. The van der Waals surface area contributed by atoms with Gasteiger partial charge in [-0.2, -0.15) is 10.4 Å². The quantitative estimate of drug-likeness (QED) is 0.518. The summed E-state index contributed by atoms with van der Waals surface area (Å²) < 4.78 is 2.64. The number of hydrogen-bond acceptors (Lipinski definition) is 4. The number of aromatic nitrogens is 2. The fraction of sp³-hybridized carbons (Fsp3) is 0.261. The molecule has 0 radical (unpaired) electrons. The summed E-state index contributed by atoms with van der Waals surface area (Å²) >= 11 is 3.44. The first-order chi connectivity index (χ1) is 14.6. The minimum Gasteiger partial charge on any atom is -0.382 e. The Balaban J connectivity index is 1.30. The molecule has 1 saturated carbocycles. The molecular weight excluding hydrogens is 442 g/mol. The number of nitrogen functional groups attached to an aromatic ring is 1. The van der Waals surface area contributed by atoms with Crippen LogP contribution in [0.15, 0.2) is 59.1 Å². The minimum absolute atomic E-state index is 0.0498. The number of nitrogens with zero attached hydrogens (tertiary/aromatic N) is 3. The van der Waals surface area contributed by atoms with Gasteiger partial charge in [0.1, 0.15) is 17.5 Å². The third-order valence-electron chi connectivity index (χ3n) is 5.42. The molecule has 1 aromatic heterocycles. The number of para-hydroxylation sites is 1. The fourth-order valence-electron chi connectivity index (χ4n) is 3.70. The second-order valence-corrected chi connectivity index (χ2v) is 8.38. The van der Waals surface area contributed by atoms with Gasteiger partial charge in [0.05, 0.1) is 11.4 Å². The molecule has 1 aliphatic carbocycles. The number of hydrogen-bond donors (Lipinski definition) is 2. The number of rotatable bonds is 7. The Morgan fingerprint density at radius 3 is 2.67 bits per heavy atom. The Kier molecular flexibility index (Phi) is 5.86. The number of amides is 1. The second-order valence-electron chi connectivity index (χ2n) is 7.46. The van der Waals surface area contributed by atoms with E-state index >= 15 is 0 Å². The molecule has 0 saturated heterocycles. The highest BCUT2D eigenvalue weighted by Gasteiger charge is 2.43. The number of halogens is 1. The topological polar surface area (TPSA) is 96.7 Å². The molecule has 3 aromatic rings. The van der Waals surface area contributed by atoms with Crippen molar-refractivity contribution >= 4 is 27.7 Å². The van der Waals surface area contributed by atoms with Crippen molar-refractivity contribution in [2.45, 2.75) is 25.2 Å². The fourth-order valence-corrected chi connectivity index (χ4v) is 3.97. The van der Waals surface area contributed by atoms with Crippen LogP contribution in [0.1, 0.15) is 35.6 Å². The highest BCUT2D eigenvalue weighted by Crippen LogP contribution is 2.47. The van der Waals surface area contributed by atoms with Gasteiger partial charge in [-0.1, -0.05) is 46.3 Å². The molecule has 2 unspecified atom stereocenters. The lowest BCUT2D eigenvalue weighted by atomic mass is 10.1. The van der Waals surface area contributed by atoms with E-state index in [4.69, 9.17) is 5.73 Å². The van der Waals surface area contributed by atoms with Crippen LogP contribution in [0.2, 0.25) is 0 Å². The van der Waals surface area contributed by atoms with Crippen LogP contribution >= 0.6 is 15.9 Å². The lowest BCUT2D eigenvalue weighted by Gasteiger charge is -2.05. The van der Waals surface area contributed by atoms with Gasteiger partial charge < -0.3 is 11.1 Å². The van der Waals surface area contributed by atoms with Crippen LogP contribution in [0.5, 0.6) is 0 Å². The van der Waals surface area contributed by atoms with Gasteiger partial charge in [-0.15, -0.1) is 0 Å². The highest BCUT2D eigenvalue weighted by atomic mass is 79.9. The average Bonchev–Trinajstić information content (AvgIpc) is 3.50. The molecular formula is C23H22BrN5O. The van der Waals surface area contributed by atoms with Crippen LogP contribution < -0.4 is 11.1 Å². The number of nitriles is 1. The predicted molar refractivity (Wildman–Crippen MR) is 119 cm³/mol. The van der Waals surface area contributed by atoms with Crippen LogP contribution in [0.4, 0.5) is 5.82 Å². The Labute approximate surface area is 183 Å². The zero-order valence-corrected chi connectivity index (χ0v) is 18.0. The zero-order valence-electron chi connectivity index (χ0n) is 16.4. The van der Waals surface area contributed by atoms with Crippen molar-refractivity contribution in [3.8, 4) is 11.8 Å². The summed E-state index contributed by atoms with van der Waals surface area (Å²) in [5, 5.41) is 17.0. The van der Waals surface area contributed by atoms with Crippen LogP contribution in [-0.2, 0) is 11.2 Å². The molecule has 30 heavy (non-hydrogen) atoms. The van der Waals surface area contributed by atoms with Crippen molar-refractivity contribution in [3.63, 3.8) is 0 Å². The zero-order chi connectivity index (χ0) is 21.1. The number of carbonyl (C=O) groups is 1. The van der Waals surface area contributed by atoms with E-state index in [1.807, 2.05) is 42.5 Å². The lowest BCUT2D eigenvalue weighted by Crippen LogP contribution is -2.26. The molecule has 2 atom stereocenters. The third kappa shape index (κ3) is 4.24. The molecule has 2 aromatic carbocycles. The number of nitrogens with one attached hydrogen (secondary N) is 1. The monoisotopic (exact) mass is 463 g/mol. The maximum absolute atomic E-state index is 12.4. The Bertz CT molecular complexity index is 1090. The molecule has 0 bridgehead atoms. The van der Waals surface area contributed by atoms with Crippen LogP contribution in [0.25, 0.3) is 5.69 Å². The van der Waals surface area contributed by atoms with Gasteiger partial charge in [-0.25, -0.2) is 4.68 Å². The van der Waals surface area contributed by atoms with E-state index in [0.717, 1.165) is 16.6 Å². The maximum Gasteiger partial charge on any atom is 0.223 e. The summed E-state index contributed by atoms with van der Waals surface area (Å²) in [6, 6.07) is 19.8. The number of anilines is 1. The lowest BCUT2D eigenvalue weighted by molar-refractivity contribution is -0.122. The first-order valence-corrected chi connectivity index (χ1v) is 10.7. The van der Waals surface area contributed by atoms with Crippen molar-refractivity contribution in [2.24, 2.45) is 5.92 Å². The van der Waals surface area contributed by atoms with E-state index in [2.05, 4.69) is 44.5 Å². The van der Waals surface area contributed by atoms with Gasteiger partial charge >= 0.3 is 0 Å². The minimum atomic E-state index is 0.0498. The Morgan fingerprint density at radius 2 is 1.97 bits per heavy atom. The molecule has 1 aliphatic rings. The smallest absolute Gasteiger partial charge is 0.223 e. The molecule has 1 heterocycles. The van der Waals surface area contributed by atoms with Gasteiger partial charge in [0.15, 0.2) is 0 Å². The van der Waals surface area contributed by atoms with Gasteiger partial charge in [0.25, 0.3) is 0 Å². The van der Waals surface area contributed by atoms with Crippen molar-refractivity contribution in [1.29, 1.82) is 5.26 Å². The molecule has 0 aliphatic heterocycles. The van der Waals surface area contributed by atoms with Gasteiger partial charge in [0, 0.05) is 16.9 Å².